The van der Waals surface area contributed by atoms with Gasteiger partial charge in [-0.1, -0.05) is 25.6 Å². The second-order valence-corrected chi connectivity index (χ2v) is 7.86. The Hall–Kier alpha value is -2.17. The molecule has 0 spiro atoms. The van der Waals surface area contributed by atoms with Crippen LogP contribution in [0.1, 0.15) is 25.8 Å². The zero-order chi connectivity index (χ0) is 19.2. The molecule has 0 saturated carbocycles. The van der Waals surface area contributed by atoms with Crippen LogP contribution in [0.3, 0.4) is 0 Å². The summed E-state index contributed by atoms with van der Waals surface area (Å²) in [6.45, 7) is 6.95. The van der Waals surface area contributed by atoms with Crippen LogP contribution in [-0.4, -0.2) is 42.0 Å². The van der Waals surface area contributed by atoms with Crippen molar-refractivity contribution in [2.45, 2.75) is 25.4 Å². The van der Waals surface area contributed by atoms with E-state index in [1.54, 1.807) is 23.9 Å². The number of nitrogens with zero attached hydrogens (tertiary/aromatic N) is 4. The molecule has 2 heterocycles. The highest BCUT2D eigenvalue weighted by Crippen LogP contribution is 2.31. The summed E-state index contributed by atoms with van der Waals surface area (Å²) in [7, 11) is 0. The second-order valence-electron chi connectivity index (χ2n) is 6.80. The number of benzene rings is 1. The molecule has 1 aromatic heterocycles. The lowest BCUT2D eigenvalue weighted by Crippen LogP contribution is -2.37. The predicted molar refractivity (Wildman–Crippen MR) is 105 cm³/mol. The van der Waals surface area contributed by atoms with Gasteiger partial charge in [-0.2, -0.15) is 5.26 Å². The van der Waals surface area contributed by atoms with Gasteiger partial charge in [-0.3, -0.25) is 0 Å². The molecule has 0 aliphatic carbocycles. The maximum absolute atomic E-state index is 13.4. The molecule has 1 fully saturated rings. The first-order valence-electron chi connectivity index (χ1n) is 9.12. The summed E-state index contributed by atoms with van der Waals surface area (Å²) in [5.74, 6) is 1.84. The van der Waals surface area contributed by atoms with Gasteiger partial charge in [0.05, 0.1) is 18.9 Å². The summed E-state index contributed by atoms with van der Waals surface area (Å²) in [5.41, 5.74) is 1.70. The van der Waals surface area contributed by atoms with Crippen LogP contribution < -0.4 is 4.90 Å². The van der Waals surface area contributed by atoms with Crippen LogP contribution in [0.2, 0.25) is 0 Å². The van der Waals surface area contributed by atoms with Crippen LogP contribution in [-0.2, 0) is 4.74 Å². The zero-order valence-electron chi connectivity index (χ0n) is 15.6. The molecule has 0 amide bonds. The Balaban J connectivity index is 2.03. The Kier molecular flexibility index (Phi) is 6.64. The number of halogens is 1. The van der Waals surface area contributed by atoms with Crippen molar-refractivity contribution in [2.24, 2.45) is 5.92 Å². The first-order chi connectivity index (χ1) is 13.1. The largest absolute Gasteiger partial charge is 0.378 e. The maximum Gasteiger partial charge on any atom is 0.190 e. The summed E-state index contributed by atoms with van der Waals surface area (Å²) in [6.07, 6.45) is 1.06. The van der Waals surface area contributed by atoms with Gasteiger partial charge in [0.1, 0.15) is 17.4 Å². The smallest absolute Gasteiger partial charge is 0.190 e. The van der Waals surface area contributed by atoms with E-state index in [0.717, 1.165) is 17.7 Å². The molecule has 27 heavy (non-hydrogen) atoms. The van der Waals surface area contributed by atoms with Crippen LogP contribution in [0.15, 0.2) is 29.4 Å². The number of hydrogen-bond acceptors (Lipinski definition) is 6. The van der Waals surface area contributed by atoms with E-state index >= 15 is 0 Å². The standard InChI is InChI=1S/C20H23FN4OS/c1-14(2)7-12-27-20-23-18(15-3-5-16(21)6-4-15)17(13-22)19(24-20)25-8-10-26-11-9-25/h3-6,14H,7-12H2,1-2H3. The number of morpholine rings is 1. The van der Waals surface area contributed by atoms with E-state index < -0.39 is 0 Å². The molecule has 0 radical (unpaired) electrons. The van der Waals surface area contributed by atoms with Crippen molar-refractivity contribution in [3.05, 3.63) is 35.6 Å². The molecule has 0 atom stereocenters. The van der Waals surface area contributed by atoms with Crippen molar-refractivity contribution in [1.29, 1.82) is 5.26 Å². The molecule has 5 nitrogen and oxygen atoms in total. The second kappa shape index (κ2) is 9.16. The van der Waals surface area contributed by atoms with E-state index in [-0.39, 0.29) is 5.82 Å². The molecular formula is C20H23FN4OS. The van der Waals surface area contributed by atoms with Crippen molar-refractivity contribution in [3.63, 3.8) is 0 Å². The monoisotopic (exact) mass is 386 g/mol. The SMILES string of the molecule is CC(C)CCSc1nc(-c2ccc(F)cc2)c(C#N)c(N2CCOCC2)n1. The van der Waals surface area contributed by atoms with E-state index in [2.05, 4.69) is 29.8 Å². The highest BCUT2D eigenvalue weighted by atomic mass is 32.2. The molecule has 7 heteroatoms. The Morgan fingerprint density at radius 1 is 1.22 bits per heavy atom. The van der Waals surface area contributed by atoms with Crippen LogP contribution in [0.5, 0.6) is 0 Å². The van der Waals surface area contributed by atoms with Crippen LogP contribution in [0.4, 0.5) is 10.2 Å². The summed E-state index contributed by atoms with van der Waals surface area (Å²) in [6, 6.07) is 8.35. The molecule has 0 N–H and O–H groups in total. The summed E-state index contributed by atoms with van der Waals surface area (Å²) in [5, 5.41) is 10.5. The third-order valence-electron chi connectivity index (χ3n) is 4.34. The average molecular weight is 386 g/mol. The lowest BCUT2D eigenvalue weighted by molar-refractivity contribution is 0.122. The number of nitriles is 1. The van der Waals surface area contributed by atoms with E-state index in [0.29, 0.717) is 54.5 Å². The lowest BCUT2D eigenvalue weighted by atomic mass is 10.1. The van der Waals surface area contributed by atoms with Gasteiger partial charge in [0.25, 0.3) is 0 Å². The van der Waals surface area contributed by atoms with Crippen molar-refractivity contribution in [2.75, 3.05) is 37.0 Å². The molecular weight excluding hydrogens is 363 g/mol. The van der Waals surface area contributed by atoms with E-state index in [9.17, 15) is 9.65 Å². The van der Waals surface area contributed by atoms with Crippen molar-refractivity contribution in [1.82, 2.24) is 9.97 Å². The molecule has 0 bridgehead atoms. The number of rotatable bonds is 6. The van der Waals surface area contributed by atoms with E-state index in [1.807, 2.05) is 0 Å². The minimum Gasteiger partial charge on any atom is -0.378 e. The van der Waals surface area contributed by atoms with E-state index in [4.69, 9.17) is 9.72 Å². The van der Waals surface area contributed by atoms with Gasteiger partial charge >= 0.3 is 0 Å². The van der Waals surface area contributed by atoms with E-state index in [1.165, 1.54) is 12.1 Å². The maximum atomic E-state index is 13.4. The fourth-order valence-electron chi connectivity index (χ4n) is 2.80. The third-order valence-corrected chi connectivity index (χ3v) is 5.22. The summed E-state index contributed by atoms with van der Waals surface area (Å²) in [4.78, 5) is 11.4. The predicted octanol–water partition coefficient (Wildman–Crippen LogP) is 4.13. The molecule has 2 aromatic rings. The average Bonchev–Trinajstić information content (AvgIpc) is 2.68. The van der Waals surface area contributed by atoms with Gasteiger partial charge in [-0.25, -0.2) is 14.4 Å². The van der Waals surface area contributed by atoms with Gasteiger partial charge < -0.3 is 9.64 Å². The fraction of sp³-hybridized carbons (Fsp3) is 0.450. The van der Waals surface area contributed by atoms with Gasteiger partial charge in [0.15, 0.2) is 11.0 Å². The Morgan fingerprint density at radius 2 is 1.93 bits per heavy atom. The van der Waals surface area contributed by atoms with Crippen molar-refractivity contribution >= 4 is 17.6 Å². The summed E-state index contributed by atoms with van der Waals surface area (Å²) >= 11 is 1.59. The van der Waals surface area contributed by atoms with Crippen LogP contribution >= 0.6 is 11.8 Å². The number of aromatic nitrogens is 2. The first-order valence-corrected chi connectivity index (χ1v) is 10.1. The minimum atomic E-state index is -0.314. The zero-order valence-corrected chi connectivity index (χ0v) is 16.4. The molecule has 0 unspecified atom stereocenters. The minimum absolute atomic E-state index is 0.314. The van der Waals surface area contributed by atoms with Crippen LogP contribution in [0.25, 0.3) is 11.3 Å². The van der Waals surface area contributed by atoms with Gasteiger partial charge in [0.2, 0.25) is 0 Å². The van der Waals surface area contributed by atoms with Crippen molar-refractivity contribution < 1.29 is 9.13 Å². The van der Waals surface area contributed by atoms with Gasteiger partial charge in [-0.05, 0) is 36.6 Å². The molecule has 1 aromatic carbocycles. The van der Waals surface area contributed by atoms with Gasteiger partial charge in [0, 0.05) is 24.4 Å². The lowest BCUT2D eigenvalue weighted by Gasteiger charge is -2.29. The highest BCUT2D eigenvalue weighted by molar-refractivity contribution is 7.99. The van der Waals surface area contributed by atoms with Crippen LogP contribution in [0, 0.1) is 23.1 Å². The third kappa shape index (κ3) is 4.96. The summed E-state index contributed by atoms with van der Waals surface area (Å²) < 4.78 is 18.8. The molecule has 3 rings (SSSR count). The normalized spacial score (nSPS) is 14.4. The highest BCUT2D eigenvalue weighted by Gasteiger charge is 2.22. The Bertz CT molecular complexity index is 814. The Morgan fingerprint density at radius 3 is 2.56 bits per heavy atom. The molecule has 1 aliphatic heterocycles. The fourth-order valence-corrected chi connectivity index (χ4v) is 3.88. The van der Waals surface area contributed by atoms with Crippen molar-refractivity contribution in [3.8, 4) is 17.3 Å². The number of hydrogen-bond donors (Lipinski definition) is 0. The van der Waals surface area contributed by atoms with Gasteiger partial charge in [-0.15, -0.1) is 0 Å². The Labute approximate surface area is 163 Å². The molecule has 1 aliphatic rings. The quantitative estimate of drug-likeness (QED) is 0.549. The topological polar surface area (TPSA) is 62.0 Å². The number of anilines is 1. The number of thioether (sulfide) groups is 1. The molecule has 1 saturated heterocycles. The number of ether oxygens (including phenoxy) is 1. The molecule has 142 valence electrons. The first kappa shape index (κ1) is 19.6.